The molecule has 2 rings (SSSR count). The Morgan fingerprint density at radius 2 is 1.94 bits per heavy atom. The highest BCUT2D eigenvalue weighted by molar-refractivity contribution is 6.17. The summed E-state index contributed by atoms with van der Waals surface area (Å²) in [6.07, 6.45) is 0. The summed E-state index contributed by atoms with van der Waals surface area (Å²) in [5.41, 5.74) is 4.45. The summed E-state index contributed by atoms with van der Waals surface area (Å²) in [5.74, 6) is 1.44. The Hall–Kier alpha value is -1.54. The average Bonchev–Trinajstić information content (AvgIpc) is 2.37. The Labute approximate surface area is 113 Å². The lowest BCUT2D eigenvalue weighted by Crippen LogP contribution is -2.12. The molecule has 0 aliphatic heterocycles. The number of hydrogen-bond acceptors (Lipinski definition) is 2. The highest BCUT2D eigenvalue weighted by Gasteiger charge is 2.07. The second kappa shape index (κ2) is 5.40. The number of hydrogen-bond donors (Lipinski definition) is 0. The summed E-state index contributed by atoms with van der Waals surface area (Å²) < 4.78 is 0. The molecule has 1 aromatic heterocycles. The quantitative estimate of drug-likeness (QED) is 0.769. The maximum Gasteiger partial charge on any atom is 0.132 e. The van der Waals surface area contributed by atoms with Gasteiger partial charge in [-0.15, -0.1) is 11.6 Å². The molecule has 0 aliphatic carbocycles. The van der Waals surface area contributed by atoms with Crippen LogP contribution in [0.5, 0.6) is 0 Å². The van der Waals surface area contributed by atoms with Crippen LogP contribution in [0.25, 0.3) is 0 Å². The van der Waals surface area contributed by atoms with Gasteiger partial charge in [0.2, 0.25) is 0 Å². The first-order chi connectivity index (χ1) is 8.61. The molecule has 0 saturated carbocycles. The van der Waals surface area contributed by atoms with Gasteiger partial charge in [-0.3, -0.25) is 0 Å². The largest absolute Gasteiger partial charge is 0.329 e. The fourth-order valence-electron chi connectivity index (χ4n) is 1.87. The van der Waals surface area contributed by atoms with Crippen molar-refractivity contribution in [3.8, 4) is 0 Å². The first kappa shape index (κ1) is 12.9. The molecule has 0 atom stereocenters. The van der Waals surface area contributed by atoms with Gasteiger partial charge in [0, 0.05) is 24.3 Å². The second-order valence-electron chi connectivity index (χ2n) is 4.45. The van der Waals surface area contributed by atoms with Gasteiger partial charge in [0.25, 0.3) is 0 Å². The van der Waals surface area contributed by atoms with Crippen molar-refractivity contribution in [2.24, 2.45) is 0 Å². The Morgan fingerprint density at radius 3 is 2.56 bits per heavy atom. The summed E-state index contributed by atoms with van der Waals surface area (Å²) in [7, 11) is 2.02. The third kappa shape index (κ3) is 2.65. The zero-order chi connectivity index (χ0) is 13.1. The number of alkyl halides is 1. The van der Waals surface area contributed by atoms with Crippen LogP contribution in [0.4, 0.5) is 11.5 Å². The molecule has 0 fully saturated rings. The minimum Gasteiger partial charge on any atom is -0.329 e. The number of benzene rings is 1. The number of anilines is 2. The zero-order valence-electron chi connectivity index (χ0n) is 10.9. The number of rotatable bonds is 3. The van der Waals surface area contributed by atoms with E-state index in [9.17, 15) is 0 Å². The van der Waals surface area contributed by atoms with Crippen molar-refractivity contribution in [1.82, 2.24) is 4.98 Å². The molecule has 0 bridgehead atoms. The molecule has 0 aliphatic rings. The molecular formula is C15H17ClN2. The third-order valence-electron chi connectivity index (χ3n) is 3.06. The summed E-state index contributed by atoms with van der Waals surface area (Å²) >= 11 is 5.85. The van der Waals surface area contributed by atoms with Gasteiger partial charge in [0.15, 0.2) is 0 Å². The zero-order valence-corrected chi connectivity index (χ0v) is 11.7. The lowest BCUT2D eigenvalue weighted by atomic mass is 10.2. The van der Waals surface area contributed by atoms with Gasteiger partial charge in [0.1, 0.15) is 5.82 Å². The molecule has 18 heavy (non-hydrogen) atoms. The molecular weight excluding hydrogens is 244 g/mol. The minimum atomic E-state index is 0.507. The van der Waals surface area contributed by atoms with Gasteiger partial charge in [-0.25, -0.2) is 4.98 Å². The summed E-state index contributed by atoms with van der Waals surface area (Å²) in [4.78, 5) is 6.67. The summed E-state index contributed by atoms with van der Waals surface area (Å²) in [5, 5.41) is 0. The Morgan fingerprint density at radius 1 is 1.17 bits per heavy atom. The van der Waals surface area contributed by atoms with Gasteiger partial charge in [-0.2, -0.15) is 0 Å². The van der Waals surface area contributed by atoms with E-state index in [1.807, 2.05) is 26.1 Å². The van der Waals surface area contributed by atoms with E-state index in [0.29, 0.717) is 5.88 Å². The molecule has 0 spiro atoms. The van der Waals surface area contributed by atoms with Crippen LogP contribution in [0, 0.1) is 13.8 Å². The summed E-state index contributed by atoms with van der Waals surface area (Å²) in [6, 6.07) is 12.4. The van der Waals surface area contributed by atoms with Crippen LogP contribution in [0.3, 0.4) is 0 Å². The fraction of sp³-hybridized carbons (Fsp3) is 0.267. The van der Waals surface area contributed by atoms with E-state index >= 15 is 0 Å². The molecule has 1 heterocycles. The van der Waals surface area contributed by atoms with Crippen LogP contribution >= 0.6 is 11.6 Å². The molecule has 0 saturated heterocycles. The van der Waals surface area contributed by atoms with E-state index in [4.69, 9.17) is 11.6 Å². The standard InChI is InChI=1S/C15H17ClN2/c1-11-5-4-6-14(9-11)18(3)15-8-7-13(10-16)12(2)17-15/h4-9H,10H2,1-3H3. The number of nitrogens with zero attached hydrogens (tertiary/aromatic N) is 2. The average molecular weight is 261 g/mol. The van der Waals surface area contributed by atoms with E-state index in [0.717, 1.165) is 22.8 Å². The highest BCUT2D eigenvalue weighted by Crippen LogP contribution is 2.23. The van der Waals surface area contributed by atoms with Crippen LogP contribution in [0.2, 0.25) is 0 Å². The van der Waals surface area contributed by atoms with Crippen LogP contribution in [-0.2, 0) is 5.88 Å². The van der Waals surface area contributed by atoms with Gasteiger partial charge < -0.3 is 4.90 Å². The van der Waals surface area contributed by atoms with E-state index < -0.39 is 0 Å². The second-order valence-corrected chi connectivity index (χ2v) is 4.71. The topological polar surface area (TPSA) is 16.1 Å². The third-order valence-corrected chi connectivity index (χ3v) is 3.35. The SMILES string of the molecule is Cc1cccc(N(C)c2ccc(CCl)c(C)n2)c1. The summed E-state index contributed by atoms with van der Waals surface area (Å²) in [6.45, 7) is 4.08. The maximum absolute atomic E-state index is 5.85. The van der Waals surface area contributed by atoms with Crippen molar-refractivity contribution in [3.05, 3.63) is 53.2 Å². The first-order valence-electron chi connectivity index (χ1n) is 5.94. The number of aromatic nitrogens is 1. The maximum atomic E-state index is 5.85. The van der Waals surface area contributed by atoms with Crippen molar-refractivity contribution in [3.63, 3.8) is 0 Å². The normalized spacial score (nSPS) is 10.4. The van der Waals surface area contributed by atoms with Crippen molar-refractivity contribution < 1.29 is 0 Å². The number of aryl methyl sites for hydroxylation is 2. The van der Waals surface area contributed by atoms with Gasteiger partial charge in [0.05, 0.1) is 0 Å². The van der Waals surface area contributed by atoms with Gasteiger partial charge >= 0.3 is 0 Å². The molecule has 94 valence electrons. The smallest absolute Gasteiger partial charge is 0.132 e. The van der Waals surface area contributed by atoms with E-state index in [2.05, 4.69) is 41.1 Å². The van der Waals surface area contributed by atoms with Crippen molar-refractivity contribution in [1.29, 1.82) is 0 Å². The molecule has 0 unspecified atom stereocenters. The molecule has 2 nitrogen and oxygen atoms in total. The van der Waals surface area contributed by atoms with Gasteiger partial charge in [-0.1, -0.05) is 18.2 Å². The van der Waals surface area contributed by atoms with Gasteiger partial charge in [-0.05, 0) is 43.2 Å². The minimum absolute atomic E-state index is 0.507. The van der Waals surface area contributed by atoms with E-state index in [1.54, 1.807) is 0 Å². The van der Waals surface area contributed by atoms with Crippen molar-refractivity contribution in [2.45, 2.75) is 19.7 Å². The molecule has 2 aromatic rings. The van der Waals surface area contributed by atoms with E-state index in [1.165, 1.54) is 5.56 Å². The highest BCUT2D eigenvalue weighted by atomic mass is 35.5. The monoisotopic (exact) mass is 260 g/mol. The van der Waals surface area contributed by atoms with Crippen LogP contribution in [0.15, 0.2) is 36.4 Å². The van der Waals surface area contributed by atoms with Crippen LogP contribution < -0.4 is 4.90 Å². The van der Waals surface area contributed by atoms with Crippen LogP contribution in [-0.4, -0.2) is 12.0 Å². The fourth-order valence-corrected chi connectivity index (χ4v) is 2.16. The number of halogens is 1. The van der Waals surface area contributed by atoms with Crippen LogP contribution in [0.1, 0.15) is 16.8 Å². The predicted molar refractivity (Wildman–Crippen MR) is 77.8 cm³/mol. The molecule has 0 N–H and O–H groups in total. The Kier molecular flexibility index (Phi) is 3.87. The first-order valence-corrected chi connectivity index (χ1v) is 6.48. The predicted octanol–water partition coefficient (Wildman–Crippen LogP) is 4.21. The van der Waals surface area contributed by atoms with E-state index in [-0.39, 0.29) is 0 Å². The molecule has 0 radical (unpaired) electrons. The van der Waals surface area contributed by atoms with Crippen molar-refractivity contribution in [2.75, 3.05) is 11.9 Å². The lowest BCUT2D eigenvalue weighted by molar-refractivity contribution is 1.06. The Balaban J connectivity index is 2.34. The number of pyridine rings is 1. The Bertz CT molecular complexity index is 552. The molecule has 3 heteroatoms. The van der Waals surface area contributed by atoms with Crippen molar-refractivity contribution >= 4 is 23.1 Å². The molecule has 0 amide bonds. The lowest BCUT2D eigenvalue weighted by Gasteiger charge is -2.19. The molecule has 1 aromatic carbocycles.